The highest BCUT2D eigenvalue weighted by molar-refractivity contribution is 5.53. The highest BCUT2D eigenvalue weighted by atomic mass is 16.3. The van der Waals surface area contributed by atoms with Gasteiger partial charge in [-0.25, -0.2) is 0 Å². The van der Waals surface area contributed by atoms with Crippen molar-refractivity contribution in [2.75, 3.05) is 0 Å². The van der Waals surface area contributed by atoms with E-state index >= 15 is 0 Å². The van der Waals surface area contributed by atoms with Gasteiger partial charge in [0.15, 0.2) is 0 Å². The minimum absolute atomic E-state index is 0.253. The Morgan fingerprint density at radius 1 is 1.00 bits per heavy atom. The molecule has 3 atom stereocenters. The van der Waals surface area contributed by atoms with Gasteiger partial charge in [0, 0.05) is 5.92 Å². The van der Waals surface area contributed by atoms with Crippen LogP contribution < -0.4 is 0 Å². The van der Waals surface area contributed by atoms with Gasteiger partial charge < -0.3 is 15.3 Å². The predicted molar refractivity (Wildman–Crippen MR) is 111 cm³/mol. The molecule has 0 radical (unpaired) electrons. The van der Waals surface area contributed by atoms with Crippen LogP contribution in [-0.2, 0) is 0 Å². The summed E-state index contributed by atoms with van der Waals surface area (Å²) in [5, 5.41) is 30.7. The van der Waals surface area contributed by atoms with E-state index in [9.17, 15) is 15.3 Å². The molecule has 0 spiro atoms. The Morgan fingerprint density at radius 2 is 1.67 bits per heavy atom. The first-order valence-corrected chi connectivity index (χ1v) is 9.57. The van der Waals surface area contributed by atoms with Gasteiger partial charge in [0.2, 0.25) is 0 Å². The van der Waals surface area contributed by atoms with Crippen LogP contribution in [0.3, 0.4) is 0 Å². The van der Waals surface area contributed by atoms with Crippen molar-refractivity contribution >= 4 is 6.08 Å². The molecule has 0 saturated carbocycles. The average molecular weight is 367 g/mol. The highest BCUT2D eigenvalue weighted by Crippen LogP contribution is 2.29. The topological polar surface area (TPSA) is 60.7 Å². The minimum atomic E-state index is -0.769. The van der Waals surface area contributed by atoms with Crippen LogP contribution in [0, 0.1) is 5.92 Å². The standard InChI is InChI=1S/C24H30O3/c1-3-8-18(17-19-11-14-21(25)15-12-19)13-16-23(26)22(4-2)24(27)20-9-6-5-7-10-20/h4-7,9-12,14-15,17,22-27H,2-3,8,13,16H2,1H3/b18-17+/t22-,23-,24-/m1/s1. The molecule has 0 saturated heterocycles. The fraction of sp³-hybridized carbons (Fsp3) is 0.333. The van der Waals surface area contributed by atoms with Gasteiger partial charge in [0.1, 0.15) is 5.75 Å². The second-order valence-electron chi connectivity index (χ2n) is 6.92. The minimum Gasteiger partial charge on any atom is -0.508 e. The van der Waals surface area contributed by atoms with Gasteiger partial charge in [-0.15, -0.1) is 6.58 Å². The molecular weight excluding hydrogens is 336 g/mol. The number of phenolic OH excluding ortho intramolecular Hbond substituents is 1. The van der Waals surface area contributed by atoms with E-state index < -0.39 is 18.1 Å². The van der Waals surface area contributed by atoms with Crippen LogP contribution in [-0.4, -0.2) is 21.4 Å². The molecule has 27 heavy (non-hydrogen) atoms. The van der Waals surface area contributed by atoms with E-state index in [1.54, 1.807) is 18.2 Å². The summed E-state index contributed by atoms with van der Waals surface area (Å²) < 4.78 is 0. The van der Waals surface area contributed by atoms with E-state index in [1.165, 1.54) is 5.57 Å². The molecule has 0 aliphatic carbocycles. The van der Waals surface area contributed by atoms with Crippen molar-refractivity contribution < 1.29 is 15.3 Å². The molecule has 0 heterocycles. The second-order valence-corrected chi connectivity index (χ2v) is 6.92. The molecule has 0 amide bonds. The van der Waals surface area contributed by atoms with Gasteiger partial charge >= 0.3 is 0 Å². The van der Waals surface area contributed by atoms with Crippen molar-refractivity contribution in [3.63, 3.8) is 0 Å². The molecule has 2 aromatic rings. The SMILES string of the molecule is C=C[C@H]([C@H](O)CC/C(=C/c1ccc(O)cc1)CCC)[C@H](O)c1ccccc1. The second kappa shape index (κ2) is 10.7. The predicted octanol–water partition coefficient (Wildman–Crippen LogP) is 5.25. The molecule has 0 unspecified atom stereocenters. The number of allylic oxidation sites excluding steroid dienone is 1. The normalized spacial score (nSPS) is 15.1. The van der Waals surface area contributed by atoms with E-state index in [4.69, 9.17) is 0 Å². The fourth-order valence-electron chi connectivity index (χ4n) is 3.29. The molecule has 2 rings (SSSR count). The third-order valence-electron chi connectivity index (χ3n) is 4.82. The summed E-state index contributed by atoms with van der Waals surface area (Å²) >= 11 is 0. The van der Waals surface area contributed by atoms with E-state index in [1.807, 2.05) is 42.5 Å². The van der Waals surface area contributed by atoms with Gasteiger partial charge in [-0.3, -0.25) is 0 Å². The Morgan fingerprint density at radius 3 is 2.26 bits per heavy atom. The van der Waals surface area contributed by atoms with Crippen molar-refractivity contribution in [3.05, 3.63) is 84.0 Å². The Labute approximate surface area is 162 Å². The van der Waals surface area contributed by atoms with Crippen molar-refractivity contribution in [3.8, 4) is 5.75 Å². The highest BCUT2D eigenvalue weighted by Gasteiger charge is 2.25. The number of phenols is 1. The molecule has 0 aromatic heterocycles. The van der Waals surface area contributed by atoms with Gasteiger partial charge in [-0.05, 0) is 42.5 Å². The summed E-state index contributed by atoms with van der Waals surface area (Å²) in [6.07, 6.45) is 5.61. The van der Waals surface area contributed by atoms with Crippen LogP contribution in [0.5, 0.6) is 5.75 Å². The summed E-state index contributed by atoms with van der Waals surface area (Å²) in [5.74, 6) is -0.160. The maximum absolute atomic E-state index is 10.7. The van der Waals surface area contributed by atoms with Crippen molar-refractivity contribution in [2.45, 2.75) is 44.8 Å². The average Bonchev–Trinajstić information content (AvgIpc) is 2.69. The Balaban J connectivity index is 2.04. The lowest BCUT2D eigenvalue weighted by Crippen LogP contribution is -2.25. The Bertz CT molecular complexity index is 719. The lowest BCUT2D eigenvalue weighted by atomic mass is 9.87. The molecule has 144 valence electrons. The summed E-state index contributed by atoms with van der Waals surface area (Å²) in [7, 11) is 0. The first-order chi connectivity index (χ1) is 13.0. The maximum Gasteiger partial charge on any atom is 0.115 e. The number of aliphatic hydroxyl groups is 2. The largest absolute Gasteiger partial charge is 0.508 e. The Kier molecular flexibility index (Phi) is 8.31. The summed E-state index contributed by atoms with van der Waals surface area (Å²) in [5.41, 5.74) is 3.07. The first-order valence-electron chi connectivity index (χ1n) is 9.57. The molecule has 0 aliphatic heterocycles. The zero-order chi connectivity index (χ0) is 19.6. The quantitative estimate of drug-likeness (QED) is 0.503. The van der Waals surface area contributed by atoms with Gasteiger partial charge in [0.25, 0.3) is 0 Å². The van der Waals surface area contributed by atoms with Crippen LogP contribution in [0.15, 0.2) is 72.8 Å². The smallest absolute Gasteiger partial charge is 0.115 e. The lowest BCUT2D eigenvalue weighted by molar-refractivity contribution is 0.0318. The number of hydrogen-bond acceptors (Lipinski definition) is 3. The number of aromatic hydroxyl groups is 1. The summed E-state index contributed by atoms with van der Waals surface area (Å²) in [6.45, 7) is 5.94. The number of rotatable bonds is 10. The van der Waals surface area contributed by atoms with Crippen molar-refractivity contribution in [1.82, 2.24) is 0 Å². The first kappa shape index (κ1) is 20.9. The van der Waals surface area contributed by atoms with E-state index in [0.717, 1.165) is 30.4 Å². The zero-order valence-corrected chi connectivity index (χ0v) is 16.0. The summed E-state index contributed by atoms with van der Waals surface area (Å²) in [6, 6.07) is 16.5. The van der Waals surface area contributed by atoms with Crippen LogP contribution in [0.2, 0.25) is 0 Å². The van der Waals surface area contributed by atoms with Gasteiger partial charge in [-0.2, -0.15) is 0 Å². The molecule has 0 aliphatic rings. The number of benzene rings is 2. The monoisotopic (exact) mass is 366 g/mol. The molecule has 3 N–H and O–H groups in total. The lowest BCUT2D eigenvalue weighted by Gasteiger charge is -2.25. The molecular formula is C24H30O3. The zero-order valence-electron chi connectivity index (χ0n) is 16.0. The van der Waals surface area contributed by atoms with Crippen LogP contribution >= 0.6 is 0 Å². The van der Waals surface area contributed by atoms with Crippen molar-refractivity contribution in [2.24, 2.45) is 5.92 Å². The molecule has 0 fully saturated rings. The fourth-order valence-corrected chi connectivity index (χ4v) is 3.29. The van der Waals surface area contributed by atoms with Gasteiger partial charge in [0.05, 0.1) is 12.2 Å². The van der Waals surface area contributed by atoms with E-state index in [0.29, 0.717) is 6.42 Å². The molecule has 2 aromatic carbocycles. The van der Waals surface area contributed by atoms with Crippen LogP contribution in [0.4, 0.5) is 0 Å². The van der Waals surface area contributed by atoms with Crippen molar-refractivity contribution in [1.29, 1.82) is 0 Å². The Hall–Kier alpha value is -2.36. The summed E-state index contributed by atoms with van der Waals surface area (Å²) in [4.78, 5) is 0. The number of hydrogen-bond donors (Lipinski definition) is 3. The van der Waals surface area contributed by atoms with Gasteiger partial charge in [-0.1, -0.05) is 73.5 Å². The third-order valence-corrected chi connectivity index (χ3v) is 4.82. The number of aliphatic hydroxyl groups excluding tert-OH is 2. The maximum atomic E-state index is 10.7. The molecule has 3 nitrogen and oxygen atoms in total. The van der Waals surface area contributed by atoms with E-state index in [2.05, 4.69) is 19.6 Å². The molecule has 0 bridgehead atoms. The van der Waals surface area contributed by atoms with Crippen LogP contribution in [0.25, 0.3) is 6.08 Å². The van der Waals surface area contributed by atoms with E-state index in [-0.39, 0.29) is 5.75 Å². The third kappa shape index (κ3) is 6.38. The molecule has 3 heteroatoms. The van der Waals surface area contributed by atoms with Crippen LogP contribution in [0.1, 0.15) is 49.8 Å².